The van der Waals surface area contributed by atoms with Crippen LogP contribution in [0, 0.1) is 0 Å². The minimum absolute atomic E-state index is 0.0328. The Labute approximate surface area is 155 Å². The molecule has 1 atom stereocenters. The van der Waals surface area contributed by atoms with Crippen molar-refractivity contribution in [2.75, 3.05) is 40.9 Å². The fourth-order valence-electron chi connectivity index (χ4n) is 3.73. The number of hydrogen-bond acceptors (Lipinski definition) is 3. The van der Waals surface area contributed by atoms with Gasteiger partial charge >= 0.3 is 6.03 Å². The van der Waals surface area contributed by atoms with Gasteiger partial charge in [-0.3, -0.25) is 0 Å². The number of nitrogens with zero attached hydrogens (tertiary/aromatic N) is 2. The molecule has 2 aromatic rings. The molecule has 1 saturated heterocycles. The Morgan fingerprint density at radius 1 is 1.23 bits per heavy atom. The SMILES string of the molecule is COCC(NC(=O)N(C)C1CCN(C)CC1)c1cccc2ccccc12. The molecule has 1 aliphatic heterocycles. The average Bonchev–Trinajstić information content (AvgIpc) is 2.67. The summed E-state index contributed by atoms with van der Waals surface area (Å²) in [5.41, 5.74) is 1.09. The fourth-order valence-corrected chi connectivity index (χ4v) is 3.73. The lowest BCUT2D eigenvalue weighted by atomic mass is 9.99. The van der Waals surface area contributed by atoms with Crippen LogP contribution < -0.4 is 5.32 Å². The van der Waals surface area contributed by atoms with Crippen LogP contribution in [0.4, 0.5) is 4.79 Å². The minimum Gasteiger partial charge on any atom is -0.382 e. The zero-order valence-electron chi connectivity index (χ0n) is 15.9. The molecule has 1 aliphatic rings. The Bertz CT molecular complexity index is 736. The van der Waals surface area contributed by atoms with Gasteiger partial charge in [-0.25, -0.2) is 4.79 Å². The van der Waals surface area contributed by atoms with E-state index in [9.17, 15) is 4.79 Å². The molecule has 1 fully saturated rings. The van der Waals surface area contributed by atoms with Crippen molar-refractivity contribution >= 4 is 16.8 Å². The molecule has 0 spiro atoms. The fraction of sp³-hybridized carbons (Fsp3) is 0.476. The van der Waals surface area contributed by atoms with Crippen LogP contribution in [-0.4, -0.2) is 62.8 Å². The molecule has 3 rings (SSSR count). The van der Waals surface area contributed by atoms with Crippen LogP contribution in [0.2, 0.25) is 0 Å². The lowest BCUT2D eigenvalue weighted by molar-refractivity contribution is 0.133. The zero-order valence-corrected chi connectivity index (χ0v) is 15.9. The number of nitrogens with one attached hydrogen (secondary N) is 1. The Kier molecular flexibility index (Phi) is 6.12. The summed E-state index contributed by atoms with van der Waals surface area (Å²) in [4.78, 5) is 17.0. The molecule has 0 aliphatic carbocycles. The van der Waals surface area contributed by atoms with Gasteiger partial charge < -0.3 is 19.9 Å². The van der Waals surface area contributed by atoms with Gasteiger partial charge in [-0.1, -0.05) is 42.5 Å². The van der Waals surface area contributed by atoms with Crippen LogP contribution >= 0.6 is 0 Å². The van der Waals surface area contributed by atoms with Crippen LogP contribution in [0.25, 0.3) is 10.8 Å². The van der Waals surface area contributed by atoms with Gasteiger partial charge in [-0.2, -0.15) is 0 Å². The Hall–Kier alpha value is -2.11. The number of urea groups is 1. The highest BCUT2D eigenvalue weighted by atomic mass is 16.5. The molecule has 5 nitrogen and oxygen atoms in total. The molecule has 0 radical (unpaired) electrons. The second-order valence-electron chi connectivity index (χ2n) is 7.17. The molecule has 26 heavy (non-hydrogen) atoms. The van der Waals surface area contributed by atoms with Crippen molar-refractivity contribution in [2.24, 2.45) is 0 Å². The number of likely N-dealkylation sites (tertiary alicyclic amines) is 1. The van der Waals surface area contributed by atoms with Crippen LogP contribution in [0.5, 0.6) is 0 Å². The molecule has 2 amide bonds. The summed E-state index contributed by atoms with van der Waals surface area (Å²) in [7, 11) is 5.70. The number of ether oxygens (including phenoxy) is 1. The molecular formula is C21H29N3O2. The van der Waals surface area contributed by atoms with E-state index in [1.807, 2.05) is 30.1 Å². The Morgan fingerprint density at radius 2 is 1.92 bits per heavy atom. The van der Waals surface area contributed by atoms with Crippen molar-refractivity contribution in [3.63, 3.8) is 0 Å². The highest BCUT2D eigenvalue weighted by Gasteiger charge is 2.26. The highest BCUT2D eigenvalue weighted by molar-refractivity contribution is 5.86. The monoisotopic (exact) mass is 355 g/mol. The van der Waals surface area contributed by atoms with Gasteiger partial charge in [0.05, 0.1) is 12.6 Å². The first kappa shape index (κ1) is 18.7. The Morgan fingerprint density at radius 3 is 2.65 bits per heavy atom. The number of carbonyl (C=O) groups excluding carboxylic acids is 1. The zero-order chi connectivity index (χ0) is 18.5. The molecule has 1 unspecified atom stereocenters. The molecule has 1 N–H and O–H groups in total. The van der Waals surface area contributed by atoms with Crippen LogP contribution in [-0.2, 0) is 4.74 Å². The van der Waals surface area contributed by atoms with E-state index in [2.05, 4.69) is 41.5 Å². The van der Waals surface area contributed by atoms with E-state index in [4.69, 9.17) is 4.74 Å². The number of hydrogen-bond donors (Lipinski definition) is 1. The van der Waals surface area contributed by atoms with Gasteiger partial charge in [-0.15, -0.1) is 0 Å². The second kappa shape index (κ2) is 8.52. The largest absolute Gasteiger partial charge is 0.382 e. The topological polar surface area (TPSA) is 44.8 Å². The maximum Gasteiger partial charge on any atom is 0.317 e. The van der Waals surface area contributed by atoms with Gasteiger partial charge in [0, 0.05) is 20.2 Å². The quantitative estimate of drug-likeness (QED) is 0.895. The lowest BCUT2D eigenvalue weighted by Crippen LogP contribution is -2.49. The molecule has 0 aromatic heterocycles. The summed E-state index contributed by atoms with van der Waals surface area (Å²) in [6, 6.07) is 14.5. The number of methoxy groups -OCH3 is 1. The molecular weight excluding hydrogens is 326 g/mol. The van der Waals surface area contributed by atoms with E-state index in [0.29, 0.717) is 12.6 Å². The van der Waals surface area contributed by atoms with E-state index in [1.165, 1.54) is 5.39 Å². The molecule has 0 bridgehead atoms. The number of amides is 2. The first-order valence-corrected chi connectivity index (χ1v) is 9.28. The summed E-state index contributed by atoms with van der Waals surface area (Å²) >= 11 is 0. The van der Waals surface area contributed by atoms with Gasteiger partial charge in [0.1, 0.15) is 0 Å². The molecule has 140 valence electrons. The van der Waals surface area contributed by atoms with Crippen molar-refractivity contribution in [3.05, 3.63) is 48.0 Å². The van der Waals surface area contributed by atoms with Crippen molar-refractivity contribution in [2.45, 2.75) is 24.9 Å². The molecule has 2 aromatic carbocycles. The average molecular weight is 355 g/mol. The van der Waals surface area contributed by atoms with E-state index >= 15 is 0 Å². The summed E-state index contributed by atoms with van der Waals surface area (Å²) in [5, 5.41) is 5.51. The maximum atomic E-state index is 12.9. The van der Waals surface area contributed by atoms with E-state index in [0.717, 1.165) is 36.9 Å². The van der Waals surface area contributed by atoms with Crippen molar-refractivity contribution < 1.29 is 9.53 Å². The summed E-state index contributed by atoms with van der Waals surface area (Å²) in [5.74, 6) is 0. The predicted octanol–water partition coefficient (Wildman–Crippen LogP) is 3.26. The highest BCUT2D eigenvalue weighted by Crippen LogP contribution is 2.25. The maximum absolute atomic E-state index is 12.9. The standard InChI is InChI=1S/C21H29N3O2/c1-23-13-11-17(12-14-23)24(2)21(25)22-20(15-26-3)19-10-6-8-16-7-4-5-9-18(16)19/h4-10,17,20H,11-15H2,1-3H3,(H,22,25). The predicted molar refractivity (Wildman–Crippen MR) is 105 cm³/mol. The number of benzene rings is 2. The van der Waals surface area contributed by atoms with Crippen molar-refractivity contribution in [1.29, 1.82) is 0 Å². The van der Waals surface area contributed by atoms with Gasteiger partial charge in [0.25, 0.3) is 0 Å². The molecule has 0 saturated carbocycles. The first-order chi connectivity index (χ1) is 12.6. The summed E-state index contributed by atoms with van der Waals surface area (Å²) in [6.45, 7) is 2.52. The molecule has 1 heterocycles. The third-order valence-corrected chi connectivity index (χ3v) is 5.39. The van der Waals surface area contributed by atoms with Crippen LogP contribution in [0.15, 0.2) is 42.5 Å². The summed E-state index contributed by atoms with van der Waals surface area (Å²) < 4.78 is 5.41. The first-order valence-electron chi connectivity index (χ1n) is 9.28. The van der Waals surface area contributed by atoms with E-state index in [1.54, 1.807) is 7.11 Å². The van der Waals surface area contributed by atoms with Crippen LogP contribution in [0.3, 0.4) is 0 Å². The third-order valence-electron chi connectivity index (χ3n) is 5.39. The van der Waals surface area contributed by atoms with Crippen molar-refractivity contribution in [1.82, 2.24) is 15.1 Å². The number of piperidine rings is 1. The second-order valence-corrected chi connectivity index (χ2v) is 7.17. The number of carbonyl (C=O) groups is 1. The van der Waals surface area contributed by atoms with Crippen LogP contribution in [0.1, 0.15) is 24.4 Å². The normalized spacial score (nSPS) is 17.2. The van der Waals surface area contributed by atoms with Gasteiger partial charge in [-0.05, 0) is 49.3 Å². The van der Waals surface area contributed by atoms with E-state index in [-0.39, 0.29) is 12.1 Å². The third kappa shape index (κ3) is 4.17. The van der Waals surface area contributed by atoms with Crippen molar-refractivity contribution in [3.8, 4) is 0 Å². The summed E-state index contributed by atoms with van der Waals surface area (Å²) in [6.07, 6.45) is 2.03. The smallest absolute Gasteiger partial charge is 0.317 e. The number of fused-ring (bicyclic) bond motifs is 1. The lowest BCUT2D eigenvalue weighted by Gasteiger charge is -2.36. The number of rotatable bonds is 5. The van der Waals surface area contributed by atoms with E-state index < -0.39 is 0 Å². The molecule has 5 heteroatoms. The Balaban J connectivity index is 1.76. The van der Waals surface area contributed by atoms with Gasteiger partial charge in [0.2, 0.25) is 0 Å². The van der Waals surface area contributed by atoms with Gasteiger partial charge in [0.15, 0.2) is 0 Å². The minimum atomic E-state index is -0.174.